The first-order chi connectivity index (χ1) is 15.6. The largest absolute Gasteiger partial charge is 0.506 e. The van der Waals surface area contributed by atoms with Crippen molar-refractivity contribution in [1.82, 2.24) is 20.1 Å². The SMILES string of the molecule is Cc1n[nH]c2c(O)cc(C(=O)N3CCC4(CC3)CC(=O)c3nc(C(C)(C)CO)sc3C4)cc12. The van der Waals surface area contributed by atoms with Crippen LogP contribution in [-0.4, -0.2) is 61.7 Å². The summed E-state index contributed by atoms with van der Waals surface area (Å²) in [6, 6.07) is 3.27. The molecule has 1 aromatic carbocycles. The molecule has 1 fully saturated rings. The number of rotatable bonds is 3. The number of phenols is 1. The maximum absolute atomic E-state index is 13.2. The van der Waals surface area contributed by atoms with Gasteiger partial charge in [0.2, 0.25) is 0 Å². The van der Waals surface area contributed by atoms with Gasteiger partial charge in [0.25, 0.3) is 5.91 Å². The van der Waals surface area contributed by atoms with E-state index in [2.05, 4.69) is 15.2 Å². The van der Waals surface area contributed by atoms with Crippen LogP contribution in [0.5, 0.6) is 5.75 Å². The fraction of sp³-hybridized carbons (Fsp3) is 0.500. The molecule has 1 spiro atoms. The second kappa shape index (κ2) is 7.63. The number of ketones is 1. The number of fused-ring (bicyclic) bond motifs is 2. The number of H-pyrrole nitrogens is 1. The molecule has 0 unspecified atom stereocenters. The lowest BCUT2D eigenvalue weighted by Crippen LogP contribution is -2.46. The summed E-state index contributed by atoms with van der Waals surface area (Å²) in [6.07, 6.45) is 2.74. The van der Waals surface area contributed by atoms with Crippen molar-refractivity contribution in [2.24, 2.45) is 5.41 Å². The Bertz CT molecular complexity index is 1270. The van der Waals surface area contributed by atoms with E-state index in [1.807, 2.05) is 25.7 Å². The third kappa shape index (κ3) is 3.63. The molecule has 174 valence electrons. The van der Waals surface area contributed by atoms with E-state index in [0.29, 0.717) is 36.3 Å². The average Bonchev–Trinajstić information content (AvgIpc) is 3.39. The van der Waals surface area contributed by atoms with E-state index in [1.54, 1.807) is 6.07 Å². The Kier molecular flexibility index (Phi) is 5.10. The third-order valence-corrected chi connectivity index (χ3v) is 8.63. The van der Waals surface area contributed by atoms with Gasteiger partial charge in [-0.2, -0.15) is 5.10 Å². The number of likely N-dealkylation sites (tertiary alicyclic amines) is 1. The summed E-state index contributed by atoms with van der Waals surface area (Å²) in [6.45, 7) is 6.81. The van der Waals surface area contributed by atoms with Crippen molar-refractivity contribution >= 4 is 33.9 Å². The van der Waals surface area contributed by atoms with Gasteiger partial charge in [0, 0.05) is 40.8 Å². The molecule has 0 bridgehead atoms. The number of aliphatic hydroxyl groups is 1. The molecule has 0 atom stereocenters. The summed E-state index contributed by atoms with van der Waals surface area (Å²) in [4.78, 5) is 33.6. The summed E-state index contributed by atoms with van der Waals surface area (Å²) >= 11 is 1.54. The Morgan fingerprint density at radius 2 is 2.00 bits per heavy atom. The molecule has 2 aromatic heterocycles. The Morgan fingerprint density at radius 1 is 1.27 bits per heavy atom. The van der Waals surface area contributed by atoms with Crippen molar-refractivity contribution in [3.05, 3.63) is 39.0 Å². The van der Waals surface area contributed by atoms with Gasteiger partial charge in [-0.3, -0.25) is 14.7 Å². The summed E-state index contributed by atoms with van der Waals surface area (Å²) < 4.78 is 0. The molecule has 5 rings (SSSR count). The summed E-state index contributed by atoms with van der Waals surface area (Å²) in [5.74, 6) is -0.0320. The van der Waals surface area contributed by atoms with E-state index in [9.17, 15) is 19.8 Å². The van der Waals surface area contributed by atoms with Crippen LogP contribution in [-0.2, 0) is 11.8 Å². The number of hydrogen-bond donors (Lipinski definition) is 3. The molecule has 0 radical (unpaired) electrons. The van der Waals surface area contributed by atoms with E-state index >= 15 is 0 Å². The lowest BCUT2D eigenvalue weighted by molar-refractivity contribution is 0.0521. The smallest absolute Gasteiger partial charge is 0.254 e. The van der Waals surface area contributed by atoms with Crippen molar-refractivity contribution in [2.45, 2.75) is 51.9 Å². The number of nitrogens with zero attached hydrogens (tertiary/aromatic N) is 3. The number of piperidine rings is 1. The number of phenolic OH excluding ortho intramolecular Hbond substituents is 1. The Morgan fingerprint density at radius 3 is 2.70 bits per heavy atom. The van der Waals surface area contributed by atoms with Crippen molar-refractivity contribution in [2.75, 3.05) is 19.7 Å². The highest BCUT2D eigenvalue weighted by Crippen LogP contribution is 2.46. The molecular formula is C24H28N4O4S. The van der Waals surface area contributed by atoms with E-state index < -0.39 is 5.41 Å². The summed E-state index contributed by atoms with van der Waals surface area (Å²) in [5.41, 5.74) is 1.66. The van der Waals surface area contributed by atoms with E-state index in [0.717, 1.165) is 40.2 Å². The van der Waals surface area contributed by atoms with E-state index in [1.165, 1.54) is 17.4 Å². The summed E-state index contributed by atoms with van der Waals surface area (Å²) in [5, 5.41) is 28.5. The van der Waals surface area contributed by atoms with Crippen LogP contribution in [0, 0.1) is 12.3 Å². The first-order valence-corrected chi connectivity index (χ1v) is 12.1. The number of thiazole rings is 1. The first-order valence-electron chi connectivity index (χ1n) is 11.2. The molecule has 33 heavy (non-hydrogen) atoms. The van der Waals surface area contributed by atoms with Crippen LogP contribution < -0.4 is 0 Å². The zero-order chi connectivity index (χ0) is 23.5. The predicted molar refractivity (Wildman–Crippen MR) is 125 cm³/mol. The van der Waals surface area contributed by atoms with E-state index in [4.69, 9.17) is 0 Å². The van der Waals surface area contributed by atoms with Gasteiger partial charge in [-0.25, -0.2) is 4.98 Å². The van der Waals surface area contributed by atoms with Gasteiger partial charge in [-0.1, -0.05) is 13.8 Å². The van der Waals surface area contributed by atoms with Crippen molar-refractivity contribution in [3.8, 4) is 5.75 Å². The molecule has 1 saturated heterocycles. The number of aryl methyl sites for hydroxylation is 1. The minimum Gasteiger partial charge on any atom is -0.506 e. The number of aromatic hydroxyl groups is 1. The Hall–Kier alpha value is -2.78. The second-order valence-electron chi connectivity index (χ2n) is 10.1. The number of Topliss-reactive ketones (excluding diaryl/α,β-unsaturated/α-hetero) is 1. The predicted octanol–water partition coefficient (Wildman–Crippen LogP) is 3.35. The topological polar surface area (TPSA) is 119 Å². The molecule has 1 amide bonds. The van der Waals surface area contributed by atoms with Gasteiger partial charge in [0.1, 0.15) is 22.0 Å². The first kappa shape index (κ1) is 22.0. The van der Waals surface area contributed by atoms with Crippen LogP contribution in [0.15, 0.2) is 12.1 Å². The maximum atomic E-state index is 13.2. The van der Waals surface area contributed by atoms with Crippen molar-refractivity contribution in [1.29, 1.82) is 0 Å². The molecule has 1 aliphatic carbocycles. The second-order valence-corrected chi connectivity index (χ2v) is 11.2. The van der Waals surface area contributed by atoms with Crippen LogP contribution in [0.25, 0.3) is 10.9 Å². The number of carbonyl (C=O) groups excluding carboxylic acids is 2. The van der Waals surface area contributed by atoms with Gasteiger partial charge >= 0.3 is 0 Å². The minimum absolute atomic E-state index is 0.0159. The number of hydrogen-bond acceptors (Lipinski definition) is 7. The van der Waals surface area contributed by atoms with Crippen LogP contribution in [0.4, 0.5) is 0 Å². The lowest BCUT2D eigenvalue weighted by atomic mass is 9.68. The minimum atomic E-state index is -0.467. The highest BCUT2D eigenvalue weighted by molar-refractivity contribution is 7.12. The monoisotopic (exact) mass is 468 g/mol. The van der Waals surface area contributed by atoms with Gasteiger partial charge in [-0.05, 0) is 43.7 Å². The molecule has 2 aliphatic rings. The fourth-order valence-corrected chi connectivity index (χ4v) is 6.29. The summed E-state index contributed by atoms with van der Waals surface area (Å²) in [7, 11) is 0. The Labute approximate surface area is 195 Å². The zero-order valence-corrected chi connectivity index (χ0v) is 19.9. The molecular weight excluding hydrogens is 440 g/mol. The van der Waals surface area contributed by atoms with Gasteiger partial charge in [0.15, 0.2) is 5.78 Å². The number of benzene rings is 1. The number of aromatic nitrogens is 3. The fourth-order valence-electron chi connectivity index (χ4n) is 4.95. The Balaban J connectivity index is 1.33. The lowest BCUT2D eigenvalue weighted by Gasteiger charge is -2.43. The van der Waals surface area contributed by atoms with E-state index in [-0.39, 0.29) is 29.5 Å². The highest BCUT2D eigenvalue weighted by atomic mass is 32.1. The molecule has 0 saturated carbocycles. The van der Waals surface area contributed by atoms with Crippen LogP contribution in [0.2, 0.25) is 0 Å². The molecule has 8 nitrogen and oxygen atoms in total. The molecule has 1 aliphatic heterocycles. The number of nitrogens with one attached hydrogen (secondary N) is 1. The number of aliphatic hydroxyl groups excluding tert-OH is 1. The number of amides is 1. The van der Waals surface area contributed by atoms with Gasteiger partial charge < -0.3 is 15.1 Å². The number of carbonyl (C=O) groups is 2. The average molecular weight is 469 g/mol. The van der Waals surface area contributed by atoms with Crippen LogP contribution in [0.1, 0.15) is 69.5 Å². The van der Waals surface area contributed by atoms with Crippen LogP contribution in [0.3, 0.4) is 0 Å². The van der Waals surface area contributed by atoms with Gasteiger partial charge in [0.05, 0.1) is 12.3 Å². The van der Waals surface area contributed by atoms with Crippen LogP contribution >= 0.6 is 11.3 Å². The molecule has 9 heteroatoms. The zero-order valence-electron chi connectivity index (χ0n) is 19.1. The number of aromatic amines is 1. The van der Waals surface area contributed by atoms with Crippen molar-refractivity contribution in [3.63, 3.8) is 0 Å². The molecule has 3 N–H and O–H groups in total. The van der Waals surface area contributed by atoms with Gasteiger partial charge in [-0.15, -0.1) is 11.3 Å². The van der Waals surface area contributed by atoms with Crippen molar-refractivity contribution < 1.29 is 19.8 Å². The quantitative estimate of drug-likeness (QED) is 0.542. The molecule has 3 aromatic rings. The standard InChI is InChI=1S/C24H28N4O4S/c1-13-15-8-14(9-16(30)19(15)27-26-13)21(32)28-6-4-24(5-7-28)10-17(31)20-18(11-24)33-22(25-20)23(2,3)12-29/h8-9,29-30H,4-7,10-12H2,1-3H3,(H,26,27). The normalized spacial score (nSPS) is 18.2. The molecule has 3 heterocycles. The highest BCUT2D eigenvalue weighted by Gasteiger charge is 2.44. The third-order valence-electron chi connectivity index (χ3n) is 7.21. The maximum Gasteiger partial charge on any atom is 0.254 e.